The minimum absolute atomic E-state index is 0.110. The molecule has 0 aliphatic carbocycles. The van der Waals surface area contributed by atoms with Gasteiger partial charge in [-0.1, -0.05) is 0 Å². The van der Waals surface area contributed by atoms with Gasteiger partial charge in [0.1, 0.15) is 12.4 Å². The number of benzene rings is 1. The maximum Gasteiger partial charge on any atom is 0.241 e. The largest absolute Gasteiger partial charge is 0.490 e. The first kappa shape index (κ1) is 13.2. The summed E-state index contributed by atoms with van der Waals surface area (Å²) in [7, 11) is 2.00. The molecule has 1 fully saturated rings. The standard InChI is InChI=1S/C14H19N3O3/c1-17-4-5-20-13-3-2-9(6-12(13)17)16-14(19)11-7-10(18)8-15-11/h2-3,6,10-11,15,18H,4-5,7-8H2,1H3,(H,16,19). The van der Waals surface area contributed by atoms with E-state index >= 15 is 0 Å². The van der Waals surface area contributed by atoms with E-state index in [4.69, 9.17) is 4.74 Å². The highest BCUT2D eigenvalue weighted by molar-refractivity contribution is 5.95. The predicted molar refractivity (Wildman–Crippen MR) is 76.3 cm³/mol. The molecule has 0 aromatic heterocycles. The van der Waals surface area contributed by atoms with Gasteiger partial charge in [0.05, 0.1) is 24.4 Å². The second-order valence-corrected chi connectivity index (χ2v) is 5.29. The van der Waals surface area contributed by atoms with Gasteiger partial charge < -0.3 is 25.4 Å². The summed E-state index contributed by atoms with van der Waals surface area (Å²) in [4.78, 5) is 14.2. The molecular formula is C14H19N3O3. The number of fused-ring (bicyclic) bond motifs is 1. The van der Waals surface area contributed by atoms with Gasteiger partial charge in [0.2, 0.25) is 5.91 Å². The average Bonchev–Trinajstić information content (AvgIpc) is 2.86. The average molecular weight is 277 g/mol. The maximum atomic E-state index is 12.1. The normalized spacial score (nSPS) is 25.0. The van der Waals surface area contributed by atoms with Crippen LogP contribution in [-0.4, -0.2) is 49.9 Å². The van der Waals surface area contributed by atoms with Crippen molar-refractivity contribution in [2.24, 2.45) is 0 Å². The quantitative estimate of drug-likeness (QED) is 0.719. The minimum Gasteiger partial charge on any atom is -0.490 e. The van der Waals surface area contributed by atoms with Crippen molar-refractivity contribution < 1.29 is 14.6 Å². The molecule has 2 heterocycles. The van der Waals surface area contributed by atoms with Crippen molar-refractivity contribution in [1.82, 2.24) is 5.32 Å². The van der Waals surface area contributed by atoms with E-state index in [-0.39, 0.29) is 11.9 Å². The molecule has 2 atom stereocenters. The molecule has 20 heavy (non-hydrogen) atoms. The molecule has 2 aliphatic rings. The molecule has 3 N–H and O–H groups in total. The number of likely N-dealkylation sites (N-methyl/N-ethyl adjacent to an activating group) is 1. The Hall–Kier alpha value is -1.79. The number of nitrogens with zero attached hydrogens (tertiary/aromatic N) is 1. The second-order valence-electron chi connectivity index (χ2n) is 5.29. The highest BCUT2D eigenvalue weighted by Gasteiger charge is 2.28. The smallest absolute Gasteiger partial charge is 0.241 e. The number of aliphatic hydroxyl groups excluding tert-OH is 1. The number of β-amino-alcohol motifs (C(OH)–C–C–N with tert-alkyl or cyclic N) is 1. The maximum absolute atomic E-state index is 12.1. The molecule has 1 amide bonds. The topological polar surface area (TPSA) is 73.8 Å². The van der Waals surface area contributed by atoms with E-state index in [1.54, 1.807) is 0 Å². The Kier molecular flexibility index (Phi) is 3.50. The molecule has 2 unspecified atom stereocenters. The predicted octanol–water partition coefficient (Wildman–Crippen LogP) is 0.176. The number of carbonyl (C=O) groups is 1. The van der Waals surface area contributed by atoms with Gasteiger partial charge in [-0.25, -0.2) is 0 Å². The van der Waals surface area contributed by atoms with Crippen molar-refractivity contribution in [1.29, 1.82) is 0 Å². The molecule has 0 saturated carbocycles. The Morgan fingerprint density at radius 3 is 3.15 bits per heavy atom. The van der Waals surface area contributed by atoms with Crippen molar-refractivity contribution >= 4 is 17.3 Å². The zero-order valence-corrected chi connectivity index (χ0v) is 11.4. The van der Waals surface area contributed by atoms with Gasteiger partial charge in [0, 0.05) is 19.3 Å². The first-order valence-corrected chi connectivity index (χ1v) is 6.84. The third-order valence-corrected chi connectivity index (χ3v) is 3.75. The van der Waals surface area contributed by atoms with E-state index in [0.717, 1.165) is 23.7 Å². The summed E-state index contributed by atoms with van der Waals surface area (Å²) in [6, 6.07) is 5.30. The number of rotatable bonds is 2. The minimum atomic E-state index is -0.436. The van der Waals surface area contributed by atoms with Crippen molar-refractivity contribution in [3.05, 3.63) is 18.2 Å². The van der Waals surface area contributed by atoms with Gasteiger partial charge in [0.15, 0.2) is 0 Å². The lowest BCUT2D eigenvalue weighted by atomic mass is 10.1. The van der Waals surface area contributed by atoms with E-state index in [0.29, 0.717) is 19.6 Å². The van der Waals surface area contributed by atoms with Gasteiger partial charge in [-0.2, -0.15) is 0 Å². The van der Waals surface area contributed by atoms with Crippen molar-refractivity contribution in [3.63, 3.8) is 0 Å². The van der Waals surface area contributed by atoms with Crippen LogP contribution in [0.2, 0.25) is 0 Å². The van der Waals surface area contributed by atoms with Crippen LogP contribution in [0.1, 0.15) is 6.42 Å². The van der Waals surface area contributed by atoms with Crippen LogP contribution in [0.25, 0.3) is 0 Å². The molecule has 0 radical (unpaired) electrons. The molecule has 1 saturated heterocycles. The number of hydrogen-bond acceptors (Lipinski definition) is 5. The Morgan fingerprint density at radius 2 is 2.40 bits per heavy atom. The fraction of sp³-hybridized carbons (Fsp3) is 0.500. The summed E-state index contributed by atoms with van der Waals surface area (Å²) in [6.07, 6.45) is 0.0218. The molecule has 108 valence electrons. The lowest BCUT2D eigenvalue weighted by Crippen LogP contribution is -2.35. The Labute approximate surface area is 117 Å². The fourth-order valence-electron chi connectivity index (χ4n) is 2.57. The highest BCUT2D eigenvalue weighted by Crippen LogP contribution is 2.33. The van der Waals surface area contributed by atoms with Gasteiger partial charge >= 0.3 is 0 Å². The first-order valence-electron chi connectivity index (χ1n) is 6.84. The van der Waals surface area contributed by atoms with Crippen LogP contribution in [0, 0.1) is 0 Å². The molecule has 0 spiro atoms. The number of amides is 1. The van der Waals surface area contributed by atoms with E-state index < -0.39 is 6.10 Å². The van der Waals surface area contributed by atoms with Crippen molar-refractivity contribution in [2.45, 2.75) is 18.6 Å². The number of anilines is 2. The SMILES string of the molecule is CN1CCOc2ccc(NC(=O)C3CC(O)CN3)cc21. The number of carbonyl (C=O) groups excluding carboxylic acids is 1. The van der Waals surface area contributed by atoms with Gasteiger partial charge in [-0.3, -0.25) is 4.79 Å². The summed E-state index contributed by atoms with van der Waals surface area (Å²) in [5.41, 5.74) is 1.72. The number of hydrogen-bond donors (Lipinski definition) is 3. The number of ether oxygens (including phenoxy) is 1. The summed E-state index contributed by atoms with van der Waals surface area (Å²) < 4.78 is 5.57. The van der Waals surface area contributed by atoms with Crippen LogP contribution in [0.4, 0.5) is 11.4 Å². The Bertz CT molecular complexity index is 520. The van der Waals surface area contributed by atoms with E-state index in [9.17, 15) is 9.90 Å². The van der Waals surface area contributed by atoms with E-state index in [1.807, 2.05) is 25.2 Å². The van der Waals surface area contributed by atoms with E-state index in [1.165, 1.54) is 0 Å². The molecule has 6 nitrogen and oxygen atoms in total. The van der Waals surface area contributed by atoms with Crippen molar-refractivity contribution in [2.75, 3.05) is 37.0 Å². The summed E-state index contributed by atoms with van der Waals surface area (Å²) >= 11 is 0. The van der Waals surface area contributed by atoms with Crippen molar-refractivity contribution in [3.8, 4) is 5.75 Å². The van der Waals surface area contributed by atoms with Crippen LogP contribution in [0.15, 0.2) is 18.2 Å². The van der Waals surface area contributed by atoms with Gasteiger partial charge in [-0.05, 0) is 24.6 Å². The Morgan fingerprint density at radius 1 is 1.55 bits per heavy atom. The molecule has 3 rings (SSSR count). The number of nitrogens with one attached hydrogen (secondary N) is 2. The first-order chi connectivity index (χ1) is 9.63. The molecule has 2 aliphatic heterocycles. The third kappa shape index (κ3) is 2.57. The molecule has 0 bridgehead atoms. The Balaban J connectivity index is 1.71. The van der Waals surface area contributed by atoms with Crippen LogP contribution in [0.5, 0.6) is 5.75 Å². The molecular weight excluding hydrogens is 258 g/mol. The van der Waals surface area contributed by atoms with Crippen LogP contribution in [-0.2, 0) is 4.79 Å². The van der Waals surface area contributed by atoms with Gasteiger partial charge in [0.25, 0.3) is 0 Å². The van der Waals surface area contributed by atoms with Gasteiger partial charge in [-0.15, -0.1) is 0 Å². The lowest BCUT2D eigenvalue weighted by molar-refractivity contribution is -0.117. The summed E-state index contributed by atoms with van der Waals surface area (Å²) in [6.45, 7) is 1.98. The molecule has 6 heteroatoms. The monoisotopic (exact) mass is 277 g/mol. The summed E-state index contributed by atoms with van der Waals surface area (Å²) in [5.74, 6) is 0.729. The number of aliphatic hydroxyl groups is 1. The highest BCUT2D eigenvalue weighted by atomic mass is 16.5. The fourth-order valence-corrected chi connectivity index (χ4v) is 2.57. The second kappa shape index (κ2) is 5.30. The molecule has 1 aromatic carbocycles. The van der Waals surface area contributed by atoms with E-state index in [2.05, 4.69) is 15.5 Å². The van der Waals surface area contributed by atoms with Crippen LogP contribution < -0.4 is 20.3 Å². The van der Waals surface area contributed by atoms with Crippen LogP contribution in [0.3, 0.4) is 0 Å². The zero-order chi connectivity index (χ0) is 14.1. The lowest BCUT2D eigenvalue weighted by Gasteiger charge is -2.28. The third-order valence-electron chi connectivity index (χ3n) is 3.75. The summed E-state index contributed by atoms with van der Waals surface area (Å²) in [5, 5.41) is 15.3. The molecule has 1 aromatic rings. The van der Waals surface area contributed by atoms with Crippen LogP contribution >= 0.6 is 0 Å². The zero-order valence-electron chi connectivity index (χ0n) is 11.4.